The van der Waals surface area contributed by atoms with E-state index in [9.17, 15) is 15.2 Å². The molecule has 1 saturated heterocycles. The number of hydrogen-bond acceptors (Lipinski definition) is 6. The highest BCUT2D eigenvalue weighted by Crippen LogP contribution is 2.61. The van der Waals surface area contributed by atoms with E-state index in [1.807, 2.05) is 12.1 Å². The summed E-state index contributed by atoms with van der Waals surface area (Å²) in [6, 6.07) is 3.75. The number of ether oxygens (including phenoxy) is 2. The highest BCUT2D eigenvalue weighted by Gasteiger charge is 2.54. The summed E-state index contributed by atoms with van der Waals surface area (Å²) in [5, 5.41) is 22.5. The number of nitro groups is 1. The molecule has 1 heterocycles. The summed E-state index contributed by atoms with van der Waals surface area (Å²) in [6.07, 6.45) is 5.84. The molecule has 1 N–H and O–H groups in total. The van der Waals surface area contributed by atoms with E-state index in [0.29, 0.717) is 30.1 Å². The first kappa shape index (κ1) is 21.2. The van der Waals surface area contributed by atoms with E-state index in [1.54, 1.807) is 0 Å². The van der Waals surface area contributed by atoms with Crippen molar-refractivity contribution in [1.82, 2.24) is 4.90 Å². The summed E-state index contributed by atoms with van der Waals surface area (Å²) in [5.41, 5.74) is 2.50. The summed E-state index contributed by atoms with van der Waals surface area (Å²) < 4.78 is 11.3. The molecule has 5 rings (SSSR count). The predicted molar refractivity (Wildman–Crippen MR) is 116 cm³/mol. The van der Waals surface area contributed by atoms with Gasteiger partial charge in [0.05, 0.1) is 24.2 Å². The normalized spacial score (nSPS) is 35.2. The van der Waals surface area contributed by atoms with Gasteiger partial charge in [0.25, 0.3) is 0 Å². The Morgan fingerprint density at radius 2 is 2.06 bits per heavy atom. The number of morpholine rings is 1. The van der Waals surface area contributed by atoms with Crippen LogP contribution in [-0.4, -0.2) is 60.5 Å². The van der Waals surface area contributed by atoms with Gasteiger partial charge in [-0.1, -0.05) is 6.92 Å². The maximum absolute atomic E-state index is 11.9. The average molecular weight is 431 g/mol. The van der Waals surface area contributed by atoms with Crippen molar-refractivity contribution in [3.63, 3.8) is 0 Å². The lowest BCUT2D eigenvalue weighted by Crippen LogP contribution is -2.43. The van der Waals surface area contributed by atoms with Gasteiger partial charge in [-0.2, -0.15) is 0 Å². The van der Waals surface area contributed by atoms with Gasteiger partial charge < -0.3 is 14.6 Å². The van der Waals surface area contributed by atoms with E-state index in [2.05, 4.69) is 11.8 Å². The van der Waals surface area contributed by atoms with Crippen LogP contribution in [0.15, 0.2) is 12.1 Å². The molecule has 3 aliphatic carbocycles. The van der Waals surface area contributed by atoms with Crippen molar-refractivity contribution in [3.8, 4) is 5.75 Å². The molecule has 1 aromatic rings. The van der Waals surface area contributed by atoms with E-state index in [0.717, 1.165) is 76.9 Å². The summed E-state index contributed by atoms with van der Waals surface area (Å²) in [6.45, 7) is 6.70. The van der Waals surface area contributed by atoms with Crippen LogP contribution in [0.4, 0.5) is 5.69 Å². The fraction of sp³-hybridized carbons (Fsp3) is 0.750. The lowest BCUT2D eigenvalue weighted by atomic mass is 9.55. The number of aryl methyl sites for hydroxylation is 1. The van der Waals surface area contributed by atoms with Crippen LogP contribution in [0.5, 0.6) is 5.75 Å². The van der Waals surface area contributed by atoms with Crippen LogP contribution in [0, 0.1) is 27.4 Å². The van der Waals surface area contributed by atoms with E-state index < -0.39 is 0 Å². The maximum atomic E-state index is 11.9. The fourth-order valence-corrected chi connectivity index (χ4v) is 6.93. The number of nitrogens with zero attached hydrogens (tertiary/aromatic N) is 2. The minimum absolute atomic E-state index is 0.0210. The molecule has 0 bridgehead atoms. The van der Waals surface area contributed by atoms with Crippen LogP contribution < -0.4 is 4.74 Å². The third-order valence-electron chi connectivity index (χ3n) is 8.72. The third kappa shape index (κ3) is 3.74. The number of nitro benzene ring substituents is 1. The van der Waals surface area contributed by atoms with Crippen molar-refractivity contribution in [2.24, 2.45) is 17.3 Å². The quantitative estimate of drug-likeness (QED) is 0.568. The van der Waals surface area contributed by atoms with Gasteiger partial charge in [-0.05, 0) is 78.9 Å². The highest BCUT2D eigenvalue weighted by molar-refractivity contribution is 5.54. The molecule has 170 valence electrons. The van der Waals surface area contributed by atoms with Crippen LogP contribution in [0.1, 0.15) is 56.1 Å². The maximum Gasteiger partial charge on any atom is 0.311 e. The Morgan fingerprint density at radius 1 is 1.26 bits per heavy atom. The predicted octanol–water partition coefficient (Wildman–Crippen LogP) is 3.52. The molecule has 0 spiro atoms. The molecule has 7 heteroatoms. The first-order valence-corrected chi connectivity index (χ1v) is 11.9. The molecule has 31 heavy (non-hydrogen) atoms. The first-order valence-electron chi connectivity index (χ1n) is 11.9. The van der Waals surface area contributed by atoms with Gasteiger partial charge in [0.15, 0.2) is 5.75 Å². The number of fused-ring (bicyclic) bond motifs is 5. The minimum Gasteiger partial charge on any atom is -0.485 e. The third-order valence-corrected chi connectivity index (χ3v) is 8.72. The Morgan fingerprint density at radius 3 is 2.84 bits per heavy atom. The number of hydrogen-bond donors (Lipinski definition) is 1. The van der Waals surface area contributed by atoms with Gasteiger partial charge in [0, 0.05) is 25.7 Å². The smallest absolute Gasteiger partial charge is 0.311 e. The van der Waals surface area contributed by atoms with Crippen molar-refractivity contribution >= 4 is 5.69 Å². The SMILES string of the molecule is C[C@]12CC[C@@H]3c4cc([N+](=O)[O-])c(OCCN5CCOCC5)cc4CC[C@H]3[C@@H]1CC[C@@H]2O. The molecule has 1 aromatic carbocycles. The van der Waals surface area contributed by atoms with Gasteiger partial charge in [-0.15, -0.1) is 0 Å². The van der Waals surface area contributed by atoms with E-state index >= 15 is 0 Å². The zero-order valence-corrected chi connectivity index (χ0v) is 18.4. The summed E-state index contributed by atoms with van der Waals surface area (Å²) in [5.74, 6) is 1.83. The largest absolute Gasteiger partial charge is 0.485 e. The van der Waals surface area contributed by atoms with Gasteiger partial charge in [-0.25, -0.2) is 0 Å². The summed E-state index contributed by atoms with van der Waals surface area (Å²) in [4.78, 5) is 13.9. The van der Waals surface area contributed by atoms with Gasteiger partial charge in [-0.3, -0.25) is 15.0 Å². The topological polar surface area (TPSA) is 85.1 Å². The van der Waals surface area contributed by atoms with Crippen molar-refractivity contribution in [2.75, 3.05) is 39.5 Å². The number of rotatable bonds is 5. The summed E-state index contributed by atoms with van der Waals surface area (Å²) in [7, 11) is 0. The van der Waals surface area contributed by atoms with Gasteiger partial charge >= 0.3 is 5.69 Å². The Balaban J connectivity index is 1.35. The molecule has 5 atom stereocenters. The van der Waals surface area contributed by atoms with Gasteiger partial charge in [0.2, 0.25) is 0 Å². The zero-order valence-electron chi connectivity index (χ0n) is 18.4. The second kappa shape index (κ2) is 8.34. The van der Waals surface area contributed by atoms with E-state index in [1.165, 1.54) is 5.56 Å². The molecule has 3 fully saturated rings. The number of aliphatic hydroxyl groups excluding tert-OH is 1. The van der Waals surface area contributed by atoms with Crippen molar-refractivity contribution < 1.29 is 19.5 Å². The van der Waals surface area contributed by atoms with Crippen LogP contribution in [0.3, 0.4) is 0 Å². The van der Waals surface area contributed by atoms with Crippen LogP contribution in [0.25, 0.3) is 0 Å². The zero-order chi connectivity index (χ0) is 21.6. The van der Waals surface area contributed by atoms with Crippen molar-refractivity contribution in [1.29, 1.82) is 0 Å². The molecule has 0 unspecified atom stereocenters. The van der Waals surface area contributed by atoms with Crippen molar-refractivity contribution in [2.45, 2.75) is 57.5 Å². The molecule has 0 radical (unpaired) electrons. The van der Waals surface area contributed by atoms with Crippen LogP contribution in [-0.2, 0) is 11.2 Å². The minimum atomic E-state index is -0.291. The number of aliphatic hydroxyl groups is 1. The molecular weight excluding hydrogens is 396 g/mol. The van der Waals surface area contributed by atoms with E-state index in [-0.39, 0.29) is 22.1 Å². The second-order valence-corrected chi connectivity index (χ2v) is 10.1. The molecule has 2 saturated carbocycles. The molecule has 4 aliphatic rings. The Hall–Kier alpha value is -1.70. The Kier molecular flexibility index (Phi) is 5.69. The van der Waals surface area contributed by atoms with Crippen LogP contribution in [0.2, 0.25) is 0 Å². The molecule has 0 amide bonds. The Labute approximate surface area is 183 Å². The standard InChI is InChI=1S/C24H34N2O5/c1-24-7-6-17-18(20(24)4-5-23(24)27)3-2-16-14-22(21(26(28)29)15-19(16)17)31-13-10-25-8-11-30-12-9-25/h14-15,17-18,20,23,27H,2-13H2,1H3/t17-,18+,20-,23-,24-/m0/s1. The van der Waals surface area contributed by atoms with Crippen molar-refractivity contribution in [3.05, 3.63) is 33.4 Å². The summed E-state index contributed by atoms with van der Waals surface area (Å²) >= 11 is 0. The fourth-order valence-electron chi connectivity index (χ4n) is 6.93. The monoisotopic (exact) mass is 430 g/mol. The first-order chi connectivity index (χ1) is 15.0. The average Bonchev–Trinajstić information content (AvgIpc) is 3.08. The second-order valence-electron chi connectivity index (χ2n) is 10.1. The Bertz CT molecular complexity index is 840. The molecule has 1 aliphatic heterocycles. The van der Waals surface area contributed by atoms with Crippen LogP contribution >= 0.6 is 0 Å². The number of benzene rings is 1. The molecule has 0 aromatic heterocycles. The van der Waals surface area contributed by atoms with E-state index in [4.69, 9.17) is 9.47 Å². The lowest BCUT2D eigenvalue weighted by Gasteiger charge is -2.50. The lowest BCUT2D eigenvalue weighted by molar-refractivity contribution is -0.386. The molecular formula is C24H34N2O5. The van der Waals surface area contributed by atoms with Gasteiger partial charge in [0.1, 0.15) is 6.61 Å². The molecule has 7 nitrogen and oxygen atoms in total. The highest BCUT2D eigenvalue weighted by atomic mass is 16.6.